The first-order chi connectivity index (χ1) is 20.3. The summed E-state index contributed by atoms with van der Waals surface area (Å²) in [7, 11) is 0. The summed E-state index contributed by atoms with van der Waals surface area (Å²) in [5.41, 5.74) is 2.47. The molecule has 1 unspecified atom stereocenters. The highest BCUT2D eigenvalue weighted by molar-refractivity contribution is 5.66. The van der Waals surface area contributed by atoms with Crippen molar-refractivity contribution in [2.45, 2.75) is 116 Å². The van der Waals surface area contributed by atoms with Gasteiger partial charge in [0.2, 0.25) is 0 Å². The molecule has 8 nitrogen and oxygen atoms in total. The smallest absolute Gasteiger partial charge is 0.302 e. The molecule has 3 saturated heterocycles. The average molecular weight is 586 g/mol. The Hall–Kier alpha value is -2.16. The largest absolute Gasteiger partial charge is 0.488 e. The Morgan fingerprint density at radius 1 is 1.02 bits per heavy atom. The minimum atomic E-state index is -0.950. The Bertz CT molecular complexity index is 1050. The van der Waals surface area contributed by atoms with Gasteiger partial charge in [-0.15, -0.1) is 0 Å². The SMILES string of the molecule is CCCCC[C@@H](CC[C@@H]1[C@H]2Cc3cccc(OCC(O)O[C@@H]4CN5CCC4CC5)c3C[C@H]2C[C@H]1OC(C)=O)OC(C)=O. The second-order valence-corrected chi connectivity index (χ2v) is 13.2. The van der Waals surface area contributed by atoms with Crippen molar-refractivity contribution in [3.63, 3.8) is 0 Å². The summed E-state index contributed by atoms with van der Waals surface area (Å²) in [6.45, 7) is 8.45. The van der Waals surface area contributed by atoms with Crippen LogP contribution in [0, 0.1) is 23.7 Å². The van der Waals surface area contributed by atoms with Crippen molar-refractivity contribution in [1.29, 1.82) is 0 Å². The van der Waals surface area contributed by atoms with E-state index in [0.29, 0.717) is 17.8 Å². The molecule has 1 aromatic rings. The predicted molar refractivity (Wildman–Crippen MR) is 159 cm³/mol. The molecule has 2 aliphatic carbocycles. The first-order valence-electron chi connectivity index (χ1n) is 16.4. The highest BCUT2D eigenvalue weighted by Crippen LogP contribution is 2.49. The van der Waals surface area contributed by atoms with Crippen molar-refractivity contribution in [2.75, 3.05) is 26.2 Å². The van der Waals surface area contributed by atoms with Gasteiger partial charge in [-0.05, 0) is 112 Å². The Balaban J connectivity index is 1.22. The van der Waals surface area contributed by atoms with Crippen molar-refractivity contribution in [3.05, 3.63) is 29.3 Å². The van der Waals surface area contributed by atoms with Crippen LogP contribution < -0.4 is 4.74 Å². The van der Waals surface area contributed by atoms with E-state index in [4.69, 9.17) is 18.9 Å². The number of rotatable bonds is 14. The van der Waals surface area contributed by atoms with Gasteiger partial charge in [-0.2, -0.15) is 0 Å². The minimum absolute atomic E-state index is 0.0808. The van der Waals surface area contributed by atoms with E-state index in [1.807, 2.05) is 12.1 Å². The molecule has 7 atom stereocenters. The monoisotopic (exact) mass is 585 g/mol. The lowest BCUT2D eigenvalue weighted by molar-refractivity contribution is -0.188. The number of aliphatic hydroxyl groups is 1. The third kappa shape index (κ3) is 7.86. The van der Waals surface area contributed by atoms with Crippen molar-refractivity contribution < 1.29 is 33.6 Å². The summed E-state index contributed by atoms with van der Waals surface area (Å²) >= 11 is 0. The molecule has 2 bridgehead atoms. The molecule has 234 valence electrons. The molecule has 4 fully saturated rings. The van der Waals surface area contributed by atoms with Crippen molar-refractivity contribution in [3.8, 4) is 5.75 Å². The van der Waals surface area contributed by atoms with Gasteiger partial charge in [0.25, 0.3) is 0 Å². The first-order valence-corrected chi connectivity index (χ1v) is 16.4. The van der Waals surface area contributed by atoms with Gasteiger partial charge in [-0.25, -0.2) is 0 Å². The molecule has 0 radical (unpaired) electrons. The molecule has 5 aliphatic rings. The zero-order valence-electron chi connectivity index (χ0n) is 25.8. The highest BCUT2D eigenvalue weighted by Gasteiger charge is 2.47. The molecule has 0 aromatic heterocycles. The topological polar surface area (TPSA) is 94.5 Å². The van der Waals surface area contributed by atoms with Gasteiger partial charge < -0.3 is 29.0 Å². The van der Waals surface area contributed by atoms with Crippen LogP contribution in [0.3, 0.4) is 0 Å². The van der Waals surface area contributed by atoms with E-state index in [2.05, 4.69) is 17.9 Å². The molecule has 8 heteroatoms. The molecular weight excluding hydrogens is 534 g/mol. The first kappa shape index (κ1) is 31.3. The maximum atomic E-state index is 12.1. The van der Waals surface area contributed by atoms with Crippen LogP contribution in [0.1, 0.15) is 89.7 Å². The number of hydrogen-bond donors (Lipinski definition) is 1. The molecule has 0 spiro atoms. The number of ether oxygens (including phenoxy) is 4. The van der Waals surface area contributed by atoms with Gasteiger partial charge in [-0.1, -0.05) is 31.9 Å². The van der Waals surface area contributed by atoms with Gasteiger partial charge >= 0.3 is 11.9 Å². The lowest BCUT2D eigenvalue weighted by atomic mass is 9.73. The van der Waals surface area contributed by atoms with E-state index in [1.54, 1.807) is 0 Å². The zero-order chi connectivity index (χ0) is 29.6. The number of aliphatic hydroxyl groups excluding tert-OH is 1. The second kappa shape index (κ2) is 14.5. The Kier molecular flexibility index (Phi) is 10.8. The second-order valence-electron chi connectivity index (χ2n) is 13.2. The number of fused-ring (bicyclic) bond motifs is 5. The van der Waals surface area contributed by atoms with E-state index in [9.17, 15) is 14.7 Å². The number of unbranched alkanes of at least 4 members (excludes halogenated alkanes) is 2. The van der Waals surface area contributed by atoms with Crippen molar-refractivity contribution in [2.24, 2.45) is 23.7 Å². The van der Waals surface area contributed by atoms with Crippen LogP contribution in [0.4, 0.5) is 0 Å². The van der Waals surface area contributed by atoms with Gasteiger partial charge in [0.05, 0.1) is 6.10 Å². The lowest BCUT2D eigenvalue weighted by Crippen LogP contribution is -2.52. The summed E-state index contributed by atoms with van der Waals surface area (Å²) in [5, 5.41) is 10.7. The normalized spacial score (nSPS) is 31.1. The summed E-state index contributed by atoms with van der Waals surface area (Å²) in [6, 6.07) is 6.21. The van der Waals surface area contributed by atoms with Crippen molar-refractivity contribution >= 4 is 11.9 Å². The predicted octanol–water partition coefficient (Wildman–Crippen LogP) is 5.07. The Morgan fingerprint density at radius 3 is 2.52 bits per heavy atom. The molecule has 6 rings (SSSR count). The van der Waals surface area contributed by atoms with Gasteiger partial charge in [0.15, 0.2) is 6.29 Å². The van der Waals surface area contributed by atoms with E-state index < -0.39 is 6.29 Å². The van der Waals surface area contributed by atoms with Crippen LogP contribution in [0.25, 0.3) is 0 Å². The third-order valence-electron chi connectivity index (χ3n) is 10.2. The molecule has 3 aliphatic heterocycles. The molecule has 1 N–H and O–H groups in total. The quantitative estimate of drug-likeness (QED) is 0.184. The highest BCUT2D eigenvalue weighted by atomic mass is 16.6. The number of nitrogens with zero attached hydrogens (tertiary/aromatic N) is 1. The van der Waals surface area contributed by atoms with Gasteiger partial charge in [-0.3, -0.25) is 9.59 Å². The number of carbonyl (C=O) groups excluding carboxylic acids is 2. The van der Waals surface area contributed by atoms with Crippen LogP contribution in [0.5, 0.6) is 5.75 Å². The summed E-state index contributed by atoms with van der Waals surface area (Å²) in [5.74, 6) is 1.91. The van der Waals surface area contributed by atoms with Crippen LogP contribution >= 0.6 is 0 Å². The number of benzene rings is 1. The number of carbonyl (C=O) groups is 2. The van der Waals surface area contributed by atoms with E-state index >= 15 is 0 Å². The maximum Gasteiger partial charge on any atom is 0.302 e. The number of hydrogen-bond acceptors (Lipinski definition) is 8. The summed E-state index contributed by atoms with van der Waals surface area (Å²) in [4.78, 5) is 26.3. The molecule has 3 heterocycles. The Labute approximate surface area is 251 Å². The number of piperidine rings is 3. The maximum absolute atomic E-state index is 12.1. The zero-order valence-corrected chi connectivity index (χ0v) is 25.8. The lowest BCUT2D eigenvalue weighted by Gasteiger charge is -2.44. The van der Waals surface area contributed by atoms with Gasteiger partial charge in [0.1, 0.15) is 24.6 Å². The van der Waals surface area contributed by atoms with Crippen LogP contribution in [-0.4, -0.2) is 72.8 Å². The average Bonchev–Trinajstić information content (AvgIpc) is 3.28. The molecule has 1 aromatic carbocycles. The third-order valence-corrected chi connectivity index (χ3v) is 10.2. The molecular formula is C34H51NO7. The molecule has 0 amide bonds. The summed E-state index contributed by atoms with van der Waals surface area (Å²) in [6.07, 6.45) is 9.68. The number of esters is 2. The van der Waals surface area contributed by atoms with Crippen LogP contribution in [0.2, 0.25) is 0 Å². The molecule has 1 saturated carbocycles. The fourth-order valence-electron chi connectivity index (χ4n) is 8.22. The Morgan fingerprint density at radius 2 is 1.83 bits per heavy atom. The standard InChI is InChI=1S/C34H51NO7/c1-4-5-6-9-27(40-22(2)36)11-12-28-29-17-25-8-7-10-31(30(25)18-26(29)19-32(28)41-23(3)37)39-21-34(38)42-33-20-35-15-13-24(33)14-16-35/h7-8,10,24,26-29,32-34,38H,4-6,9,11-21H2,1-3H3/t26-,27-,28+,29-,32+,33+,34?/m0/s1. The fraction of sp³-hybridized carbons (Fsp3) is 0.765. The van der Waals surface area contributed by atoms with E-state index in [-0.39, 0.29) is 42.8 Å². The van der Waals surface area contributed by atoms with Crippen molar-refractivity contribution in [1.82, 2.24) is 4.90 Å². The minimum Gasteiger partial charge on any atom is -0.488 e. The fourth-order valence-corrected chi connectivity index (χ4v) is 8.22. The summed E-state index contributed by atoms with van der Waals surface area (Å²) < 4.78 is 23.8. The van der Waals surface area contributed by atoms with E-state index in [0.717, 1.165) is 96.0 Å². The molecule has 42 heavy (non-hydrogen) atoms. The van der Waals surface area contributed by atoms with E-state index in [1.165, 1.54) is 25.0 Å². The van der Waals surface area contributed by atoms with Crippen LogP contribution in [-0.2, 0) is 36.6 Å². The van der Waals surface area contributed by atoms with Gasteiger partial charge in [0, 0.05) is 20.4 Å². The van der Waals surface area contributed by atoms with Crippen LogP contribution in [0.15, 0.2) is 18.2 Å².